The summed E-state index contributed by atoms with van der Waals surface area (Å²) >= 11 is 0. The molecular formula is C15H23FN2O2S. The minimum Gasteiger partial charge on any atom is -0.399 e. The predicted molar refractivity (Wildman–Crippen MR) is 86.0 cm³/mol. The zero-order valence-electron chi connectivity index (χ0n) is 12.5. The van der Waals surface area contributed by atoms with E-state index in [1.165, 1.54) is 18.2 Å². The number of nitrogens with one attached hydrogen (secondary N) is 1. The molecule has 0 aliphatic carbocycles. The SMILES string of the molecule is CC(C)CCS(=O)CCCC(=O)Nc1cc(N)ccc1F. The number of nitrogen functional groups attached to an aromatic ring is 1. The molecule has 6 heteroatoms. The summed E-state index contributed by atoms with van der Waals surface area (Å²) in [7, 11) is -0.886. The van der Waals surface area contributed by atoms with Crippen molar-refractivity contribution in [1.82, 2.24) is 0 Å². The van der Waals surface area contributed by atoms with Crippen LogP contribution in [0.4, 0.5) is 15.8 Å². The second-order valence-electron chi connectivity index (χ2n) is 5.42. The molecule has 118 valence electrons. The monoisotopic (exact) mass is 314 g/mol. The molecule has 21 heavy (non-hydrogen) atoms. The predicted octanol–water partition coefficient (Wildman–Crippen LogP) is 2.92. The van der Waals surface area contributed by atoms with Gasteiger partial charge < -0.3 is 11.1 Å². The van der Waals surface area contributed by atoms with Gasteiger partial charge in [-0.05, 0) is 37.0 Å². The molecule has 0 heterocycles. The highest BCUT2D eigenvalue weighted by molar-refractivity contribution is 7.84. The Hall–Kier alpha value is -1.43. The van der Waals surface area contributed by atoms with Crippen LogP contribution >= 0.6 is 0 Å². The molecule has 1 rings (SSSR count). The molecule has 0 aliphatic rings. The lowest BCUT2D eigenvalue weighted by atomic mass is 10.2. The molecule has 0 aromatic heterocycles. The summed E-state index contributed by atoms with van der Waals surface area (Å²) in [6, 6.07) is 4.03. The highest BCUT2D eigenvalue weighted by Crippen LogP contribution is 2.17. The Morgan fingerprint density at radius 3 is 2.76 bits per heavy atom. The van der Waals surface area contributed by atoms with Gasteiger partial charge in [-0.25, -0.2) is 4.39 Å². The second-order valence-corrected chi connectivity index (χ2v) is 7.12. The summed E-state index contributed by atoms with van der Waals surface area (Å²) in [5.41, 5.74) is 6.02. The number of rotatable bonds is 8. The van der Waals surface area contributed by atoms with Crippen LogP contribution < -0.4 is 11.1 Å². The molecule has 1 amide bonds. The van der Waals surface area contributed by atoms with E-state index in [-0.39, 0.29) is 18.0 Å². The number of hydrogen-bond acceptors (Lipinski definition) is 3. The molecule has 1 atom stereocenters. The Bertz CT molecular complexity index is 506. The number of nitrogens with two attached hydrogens (primary N) is 1. The Morgan fingerprint density at radius 1 is 1.38 bits per heavy atom. The molecule has 4 nitrogen and oxygen atoms in total. The smallest absolute Gasteiger partial charge is 0.224 e. The van der Waals surface area contributed by atoms with Gasteiger partial charge in [-0.3, -0.25) is 9.00 Å². The molecule has 0 bridgehead atoms. The number of hydrogen-bond donors (Lipinski definition) is 2. The van der Waals surface area contributed by atoms with Crippen LogP contribution in [-0.4, -0.2) is 21.6 Å². The van der Waals surface area contributed by atoms with Crippen molar-refractivity contribution < 1.29 is 13.4 Å². The maximum Gasteiger partial charge on any atom is 0.224 e. The molecule has 1 unspecified atom stereocenters. The minimum atomic E-state index is -0.886. The van der Waals surface area contributed by atoms with Crippen molar-refractivity contribution in [3.05, 3.63) is 24.0 Å². The lowest BCUT2D eigenvalue weighted by Gasteiger charge is -2.08. The van der Waals surface area contributed by atoms with Crippen LogP contribution in [0.25, 0.3) is 0 Å². The zero-order valence-corrected chi connectivity index (χ0v) is 13.3. The Kier molecular flexibility index (Phi) is 7.36. The van der Waals surface area contributed by atoms with Crippen LogP contribution in [-0.2, 0) is 15.6 Å². The number of carbonyl (C=O) groups is 1. The minimum absolute atomic E-state index is 0.0842. The third-order valence-electron chi connectivity index (χ3n) is 2.96. The van der Waals surface area contributed by atoms with Gasteiger partial charge in [0.1, 0.15) is 5.82 Å². The van der Waals surface area contributed by atoms with E-state index < -0.39 is 16.6 Å². The first-order chi connectivity index (χ1) is 9.88. The fraction of sp³-hybridized carbons (Fsp3) is 0.533. The molecule has 3 N–H and O–H groups in total. The number of benzene rings is 1. The standard InChI is InChI=1S/C15H23FN2O2S/c1-11(2)7-9-21(20)8-3-4-15(19)18-14-10-12(17)5-6-13(14)16/h5-6,10-11H,3-4,7-9,17H2,1-2H3,(H,18,19). The molecule has 0 saturated heterocycles. The van der Waals surface area contributed by atoms with Crippen molar-refractivity contribution in [3.63, 3.8) is 0 Å². The first kappa shape index (κ1) is 17.6. The van der Waals surface area contributed by atoms with E-state index in [1.54, 1.807) is 0 Å². The fourth-order valence-electron chi connectivity index (χ4n) is 1.71. The van der Waals surface area contributed by atoms with Crippen molar-refractivity contribution >= 4 is 28.1 Å². The normalized spacial score (nSPS) is 12.4. The van der Waals surface area contributed by atoms with Gasteiger partial charge in [-0.2, -0.15) is 0 Å². The van der Waals surface area contributed by atoms with Crippen LogP contribution in [0.15, 0.2) is 18.2 Å². The van der Waals surface area contributed by atoms with Gasteiger partial charge in [-0.1, -0.05) is 13.8 Å². The van der Waals surface area contributed by atoms with Gasteiger partial charge in [-0.15, -0.1) is 0 Å². The first-order valence-electron chi connectivity index (χ1n) is 7.08. The summed E-state index contributed by atoms with van der Waals surface area (Å²) in [6.07, 6.45) is 1.68. The number of anilines is 2. The van der Waals surface area contributed by atoms with Gasteiger partial charge in [0.15, 0.2) is 0 Å². The topological polar surface area (TPSA) is 72.2 Å². The molecule has 0 radical (unpaired) electrons. The molecule has 0 fully saturated rings. The molecule has 1 aromatic carbocycles. The highest BCUT2D eigenvalue weighted by Gasteiger charge is 2.08. The molecule has 0 saturated carbocycles. The van der Waals surface area contributed by atoms with E-state index in [9.17, 15) is 13.4 Å². The van der Waals surface area contributed by atoms with Crippen LogP contribution in [0.3, 0.4) is 0 Å². The summed E-state index contributed by atoms with van der Waals surface area (Å²) < 4.78 is 25.1. The van der Waals surface area contributed by atoms with Gasteiger partial charge in [0.05, 0.1) is 5.69 Å². The van der Waals surface area contributed by atoms with E-state index in [2.05, 4.69) is 19.2 Å². The second kappa shape index (κ2) is 8.77. The van der Waals surface area contributed by atoms with Crippen molar-refractivity contribution in [2.75, 3.05) is 22.6 Å². The van der Waals surface area contributed by atoms with Gasteiger partial charge in [0.25, 0.3) is 0 Å². The van der Waals surface area contributed by atoms with E-state index >= 15 is 0 Å². The van der Waals surface area contributed by atoms with Crippen LogP contribution in [0.5, 0.6) is 0 Å². The van der Waals surface area contributed by atoms with Crippen molar-refractivity contribution in [3.8, 4) is 0 Å². The maximum atomic E-state index is 13.4. The number of carbonyl (C=O) groups excluding carboxylic acids is 1. The third-order valence-corrected chi connectivity index (χ3v) is 4.40. The zero-order chi connectivity index (χ0) is 15.8. The quantitative estimate of drug-likeness (QED) is 0.725. The van der Waals surface area contributed by atoms with E-state index in [0.717, 1.165) is 6.42 Å². The van der Waals surface area contributed by atoms with Crippen molar-refractivity contribution in [1.29, 1.82) is 0 Å². The fourth-order valence-corrected chi connectivity index (χ4v) is 3.12. The van der Waals surface area contributed by atoms with Crippen LogP contribution in [0.2, 0.25) is 0 Å². The highest BCUT2D eigenvalue weighted by atomic mass is 32.2. The van der Waals surface area contributed by atoms with Crippen molar-refractivity contribution in [2.45, 2.75) is 33.1 Å². The maximum absolute atomic E-state index is 13.4. The average Bonchev–Trinajstić information content (AvgIpc) is 2.40. The Labute approximate surface area is 127 Å². The van der Waals surface area contributed by atoms with E-state index in [4.69, 9.17) is 5.73 Å². The van der Waals surface area contributed by atoms with Crippen molar-refractivity contribution in [2.24, 2.45) is 5.92 Å². The van der Waals surface area contributed by atoms with E-state index in [1.807, 2.05) is 0 Å². The molecule has 1 aromatic rings. The van der Waals surface area contributed by atoms with Gasteiger partial charge in [0, 0.05) is 34.4 Å². The number of amides is 1. The van der Waals surface area contributed by atoms with Crippen LogP contribution in [0.1, 0.15) is 33.1 Å². The summed E-state index contributed by atoms with van der Waals surface area (Å²) in [6.45, 7) is 4.18. The molecule has 0 spiro atoms. The Morgan fingerprint density at radius 2 is 2.10 bits per heavy atom. The summed E-state index contributed by atoms with van der Waals surface area (Å²) in [5, 5.41) is 2.48. The average molecular weight is 314 g/mol. The molecular weight excluding hydrogens is 291 g/mol. The van der Waals surface area contributed by atoms with E-state index in [0.29, 0.717) is 29.5 Å². The largest absolute Gasteiger partial charge is 0.399 e. The lowest BCUT2D eigenvalue weighted by molar-refractivity contribution is -0.116. The summed E-state index contributed by atoms with van der Waals surface area (Å²) in [4.78, 5) is 11.7. The van der Waals surface area contributed by atoms with Crippen LogP contribution in [0, 0.1) is 11.7 Å². The third kappa shape index (κ3) is 7.22. The Balaban J connectivity index is 2.31. The van der Waals surface area contributed by atoms with Gasteiger partial charge >= 0.3 is 0 Å². The first-order valence-corrected chi connectivity index (χ1v) is 8.57. The lowest BCUT2D eigenvalue weighted by Crippen LogP contribution is -2.14. The number of halogens is 1. The molecule has 0 aliphatic heterocycles. The van der Waals surface area contributed by atoms with Gasteiger partial charge in [0.2, 0.25) is 5.91 Å². The summed E-state index contributed by atoms with van der Waals surface area (Å²) in [5.74, 6) is 0.894.